The van der Waals surface area contributed by atoms with Crippen LogP contribution in [0.5, 0.6) is 0 Å². The van der Waals surface area contributed by atoms with Crippen LogP contribution in [-0.2, 0) is 9.59 Å². The SMILES string of the molecule is C[C@H](NCC(=O)NC1CC1)C(=O)O. The smallest absolute Gasteiger partial charge is 0.320 e. The molecule has 0 aromatic carbocycles. The molecule has 13 heavy (non-hydrogen) atoms. The van der Waals surface area contributed by atoms with Crippen LogP contribution >= 0.6 is 0 Å². The molecule has 0 unspecified atom stereocenters. The highest BCUT2D eigenvalue weighted by Crippen LogP contribution is 2.18. The molecule has 0 heterocycles. The summed E-state index contributed by atoms with van der Waals surface area (Å²) >= 11 is 0. The lowest BCUT2D eigenvalue weighted by Crippen LogP contribution is -2.41. The summed E-state index contributed by atoms with van der Waals surface area (Å²) in [4.78, 5) is 21.4. The Balaban J connectivity index is 2.09. The molecule has 0 aromatic rings. The summed E-state index contributed by atoms with van der Waals surface area (Å²) in [7, 11) is 0. The minimum Gasteiger partial charge on any atom is -0.480 e. The van der Waals surface area contributed by atoms with Gasteiger partial charge >= 0.3 is 5.97 Å². The fourth-order valence-electron chi connectivity index (χ4n) is 0.839. The number of carboxylic acids is 1. The molecule has 0 spiro atoms. The maximum Gasteiger partial charge on any atom is 0.320 e. The second-order valence-electron chi connectivity index (χ2n) is 3.28. The first-order valence-electron chi connectivity index (χ1n) is 4.35. The second kappa shape index (κ2) is 4.23. The van der Waals surface area contributed by atoms with Gasteiger partial charge in [0.2, 0.25) is 5.91 Å². The average Bonchev–Trinajstić information content (AvgIpc) is 2.83. The number of hydrogen-bond donors (Lipinski definition) is 3. The number of carbonyl (C=O) groups excluding carboxylic acids is 1. The minimum absolute atomic E-state index is 0.0734. The van der Waals surface area contributed by atoms with Gasteiger partial charge in [0.15, 0.2) is 0 Å². The third-order valence-corrected chi connectivity index (χ3v) is 1.88. The summed E-state index contributed by atoms with van der Waals surface area (Å²) < 4.78 is 0. The van der Waals surface area contributed by atoms with Crippen LogP contribution < -0.4 is 10.6 Å². The zero-order valence-corrected chi connectivity index (χ0v) is 7.54. The van der Waals surface area contributed by atoms with E-state index in [1.54, 1.807) is 0 Å². The highest BCUT2D eigenvalue weighted by Gasteiger charge is 2.23. The third kappa shape index (κ3) is 3.89. The monoisotopic (exact) mass is 186 g/mol. The van der Waals surface area contributed by atoms with Crippen molar-refractivity contribution >= 4 is 11.9 Å². The van der Waals surface area contributed by atoms with Crippen molar-refractivity contribution in [3.05, 3.63) is 0 Å². The van der Waals surface area contributed by atoms with E-state index in [9.17, 15) is 9.59 Å². The van der Waals surface area contributed by atoms with Gasteiger partial charge in [0.05, 0.1) is 6.54 Å². The van der Waals surface area contributed by atoms with Crippen LogP contribution in [-0.4, -0.2) is 35.6 Å². The Morgan fingerprint density at radius 2 is 2.15 bits per heavy atom. The molecule has 5 nitrogen and oxygen atoms in total. The average molecular weight is 186 g/mol. The summed E-state index contributed by atoms with van der Waals surface area (Å²) in [6.45, 7) is 1.58. The summed E-state index contributed by atoms with van der Waals surface area (Å²) in [6, 6.07) is -0.348. The molecule has 1 rings (SSSR count). The molecular formula is C8H14N2O3. The van der Waals surface area contributed by atoms with Crippen LogP contribution in [0.1, 0.15) is 19.8 Å². The zero-order chi connectivity index (χ0) is 9.84. The van der Waals surface area contributed by atoms with Crippen LogP contribution in [0, 0.1) is 0 Å². The Morgan fingerprint density at radius 1 is 1.54 bits per heavy atom. The summed E-state index contributed by atoms with van der Waals surface area (Å²) in [5.41, 5.74) is 0. The number of nitrogens with one attached hydrogen (secondary N) is 2. The molecule has 1 aliphatic carbocycles. The number of carbonyl (C=O) groups is 2. The molecule has 5 heteroatoms. The maximum absolute atomic E-state index is 11.1. The maximum atomic E-state index is 11.1. The summed E-state index contributed by atoms with van der Waals surface area (Å²) in [6.07, 6.45) is 2.08. The number of rotatable bonds is 5. The number of carboxylic acid groups (broad SMARTS) is 1. The van der Waals surface area contributed by atoms with Gasteiger partial charge in [-0.1, -0.05) is 0 Å². The van der Waals surface area contributed by atoms with Gasteiger partial charge in [0.1, 0.15) is 6.04 Å². The third-order valence-electron chi connectivity index (χ3n) is 1.88. The topological polar surface area (TPSA) is 78.4 Å². The summed E-state index contributed by atoms with van der Waals surface area (Å²) in [5.74, 6) is -1.07. The Bertz CT molecular complexity index is 213. The van der Waals surface area contributed by atoms with Gasteiger partial charge in [-0.15, -0.1) is 0 Å². The number of amides is 1. The highest BCUT2D eigenvalue weighted by atomic mass is 16.4. The largest absolute Gasteiger partial charge is 0.480 e. The lowest BCUT2D eigenvalue weighted by atomic mass is 10.3. The molecule has 0 aliphatic heterocycles. The Kier molecular flexibility index (Phi) is 3.25. The lowest BCUT2D eigenvalue weighted by molar-refractivity contribution is -0.139. The van der Waals surface area contributed by atoms with Crippen LogP contribution in [0.4, 0.5) is 0 Å². The zero-order valence-electron chi connectivity index (χ0n) is 7.54. The van der Waals surface area contributed by atoms with Gasteiger partial charge in [-0.05, 0) is 19.8 Å². The van der Waals surface area contributed by atoms with Gasteiger partial charge in [0, 0.05) is 6.04 Å². The van der Waals surface area contributed by atoms with E-state index in [1.807, 2.05) is 0 Å². The van der Waals surface area contributed by atoms with Gasteiger partial charge in [0.25, 0.3) is 0 Å². The molecule has 1 saturated carbocycles. The van der Waals surface area contributed by atoms with Crippen LogP contribution in [0.25, 0.3) is 0 Å². The van der Waals surface area contributed by atoms with Crippen molar-refractivity contribution < 1.29 is 14.7 Å². The van der Waals surface area contributed by atoms with E-state index in [-0.39, 0.29) is 12.5 Å². The van der Waals surface area contributed by atoms with Crippen molar-refractivity contribution in [2.24, 2.45) is 0 Å². The van der Waals surface area contributed by atoms with Crippen molar-refractivity contribution in [2.75, 3.05) is 6.54 Å². The fraction of sp³-hybridized carbons (Fsp3) is 0.750. The fourth-order valence-corrected chi connectivity index (χ4v) is 0.839. The molecule has 1 fully saturated rings. The molecule has 0 radical (unpaired) electrons. The highest BCUT2D eigenvalue weighted by molar-refractivity contribution is 5.80. The molecule has 1 amide bonds. The first-order valence-corrected chi connectivity index (χ1v) is 4.35. The quantitative estimate of drug-likeness (QED) is 0.532. The number of hydrogen-bond acceptors (Lipinski definition) is 3. The van der Waals surface area contributed by atoms with E-state index in [4.69, 9.17) is 5.11 Å². The molecule has 1 atom stereocenters. The Hall–Kier alpha value is -1.10. The normalized spacial score (nSPS) is 17.9. The van der Waals surface area contributed by atoms with Crippen molar-refractivity contribution in [1.29, 1.82) is 0 Å². The van der Waals surface area contributed by atoms with Crippen LogP contribution in [0.2, 0.25) is 0 Å². The van der Waals surface area contributed by atoms with E-state index >= 15 is 0 Å². The Morgan fingerprint density at radius 3 is 2.62 bits per heavy atom. The number of aliphatic carboxylic acids is 1. The lowest BCUT2D eigenvalue weighted by Gasteiger charge is -2.08. The van der Waals surface area contributed by atoms with Crippen molar-refractivity contribution in [3.63, 3.8) is 0 Å². The standard InChI is InChI=1S/C8H14N2O3/c1-5(8(12)13)9-4-7(11)10-6-2-3-6/h5-6,9H,2-4H2,1H3,(H,10,11)(H,12,13)/t5-/m0/s1. The molecule has 1 aliphatic rings. The van der Waals surface area contributed by atoms with E-state index < -0.39 is 12.0 Å². The van der Waals surface area contributed by atoms with Crippen LogP contribution in [0.3, 0.4) is 0 Å². The van der Waals surface area contributed by atoms with Gasteiger partial charge in [-0.3, -0.25) is 14.9 Å². The van der Waals surface area contributed by atoms with E-state index in [0.29, 0.717) is 6.04 Å². The van der Waals surface area contributed by atoms with E-state index in [2.05, 4.69) is 10.6 Å². The first kappa shape index (κ1) is 9.98. The van der Waals surface area contributed by atoms with Gasteiger partial charge in [-0.25, -0.2) is 0 Å². The molecular weight excluding hydrogens is 172 g/mol. The van der Waals surface area contributed by atoms with E-state index in [0.717, 1.165) is 12.8 Å². The van der Waals surface area contributed by atoms with Crippen molar-refractivity contribution in [2.45, 2.75) is 31.8 Å². The first-order chi connectivity index (χ1) is 6.09. The summed E-state index contributed by atoms with van der Waals surface area (Å²) in [5, 5.41) is 13.9. The van der Waals surface area contributed by atoms with Crippen LogP contribution in [0.15, 0.2) is 0 Å². The van der Waals surface area contributed by atoms with Gasteiger partial charge < -0.3 is 10.4 Å². The Labute approximate surface area is 76.5 Å². The van der Waals surface area contributed by atoms with Crippen molar-refractivity contribution in [1.82, 2.24) is 10.6 Å². The molecule has 3 N–H and O–H groups in total. The second-order valence-corrected chi connectivity index (χ2v) is 3.28. The minimum atomic E-state index is -0.945. The van der Waals surface area contributed by atoms with E-state index in [1.165, 1.54) is 6.92 Å². The molecule has 74 valence electrons. The molecule has 0 bridgehead atoms. The predicted octanol–water partition coefficient (Wildman–Crippen LogP) is -0.672. The van der Waals surface area contributed by atoms with Crippen molar-refractivity contribution in [3.8, 4) is 0 Å². The molecule has 0 saturated heterocycles. The van der Waals surface area contributed by atoms with Gasteiger partial charge in [-0.2, -0.15) is 0 Å². The predicted molar refractivity (Wildman–Crippen MR) is 46.3 cm³/mol. The molecule has 0 aromatic heterocycles.